The summed E-state index contributed by atoms with van der Waals surface area (Å²) in [5, 5.41) is 8.81. The maximum atomic E-state index is 11.2. The minimum Gasteiger partial charge on any atom is -0.480 e. The van der Waals surface area contributed by atoms with Crippen LogP contribution in [0.2, 0.25) is 0 Å². The van der Waals surface area contributed by atoms with Gasteiger partial charge in [0.15, 0.2) is 0 Å². The molecule has 0 fully saturated rings. The Kier molecular flexibility index (Phi) is 5.02. The highest BCUT2D eigenvalue weighted by Gasteiger charge is 2.12. The van der Waals surface area contributed by atoms with Crippen molar-refractivity contribution in [3.63, 3.8) is 0 Å². The largest absolute Gasteiger partial charge is 0.480 e. The molecule has 2 rings (SSSR count). The quantitative estimate of drug-likeness (QED) is 0.744. The van der Waals surface area contributed by atoms with Gasteiger partial charge in [-0.2, -0.15) is 0 Å². The maximum absolute atomic E-state index is 11.2. The number of hydrogen-bond donors (Lipinski definition) is 3. The Labute approximate surface area is 135 Å². The minimum atomic E-state index is -3.29. The Morgan fingerprint density at radius 3 is 2.00 bits per heavy atom. The second-order valence-electron chi connectivity index (χ2n) is 5.30. The van der Waals surface area contributed by atoms with Gasteiger partial charge in [-0.05, 0) is 35.2 Å². The van der Waals surface area contributed by atoms with Crippen molar-refractivity contribution in [3.05, 3.63) is 54.1 Å². The zero-order chi connectivity index (χ0) is 17.0. The van der Waals surface area contributed by atoms with Gasteiger partial charge in [0.1, 0.15) is 6.04 Å². The number of carbonyl (C=O) groups is 1. The fourth-order valence-corrected chi connectivity index (χ4v) is 2.68. The van der Waals surface area contributed by atoms with Crippen LogP contribution in [-0.2, 0) is 21.2 Å². The van der Waals surface area contributed by atoms with Gasteiger partial charge in [0.05, 0.1) is 6.26 Å². The Balaban J connectivity index is 2.12. The van der Waals surface area contributed by atoms with Crippen LogP contribution in [-0.4, -0.2) is 31.8 Å². The summed E-state index contributed by atoms with van der Waals surface area (Å²) in [5.41, 5.74) is 8.73. The Hall–Kier alpha value is -2.38. The van der Waals surface area contributed by atoms with E-state index in [4.69, 9.17) is 10.8 Å². The van der Waals surface area contributed by atoms with E-state index in [-0.39, 0.29) is 6.42 Å². The van der Waals surface area contributed by atoms with Crippen LogP contribution in [0.1, 0.15) is 5.56 Å². The third kappa shape index (κ3) is 5.08. The molecule has 122 valence electrons. The van der Waals surface area contributed by atoms with Crippen molar-refractivity contribution >= 4 is 21.7 Å². The molecule has 2 aromatic rings. The second kappa shape index (κ2) is 6.80. The Morgan fingerprint density at radius 2 is 1.57 bits per heavy atom. The van der Waals surface area contributed by atoms with Crippen molar-refractivity contribution in [2.75, 3.05) is 11.0 Å². The predicted octanol–water partition coefficient (Wildman–Crippen LogP) is 1.68. The summed E-state index contributed by atoms with van der Waals surface area (Å²) in [4.78, 5) is 10.7. The molecule has 0 spiro atoms. The lowest BCUT2D eigenvalue weighted by atomic mass is 10.0. The first-order valence-corrected chi connectivity index (χ1v) is 8.79. The first-order valence-electron chi connectivity index (χ1n) is 6.90. The molecule has 23 heavy (non-hydrogen) atoms. The molecular weight excluding hydrogens is 316 g/mol. The van der Waals surface area contributed by atoms with E-state index in [1.54, 1.807) is 12.1 Å². The molecule has 0 aromatic heterocycles. The molecule has 0 aliphatic heterocycles. The lowest BCUT2D eigenvalue weighted by molar-refractivity contribution is -0.138. The van der Waals surface area contributed by atoms with Gasteiger partial charge >= 0.3 is 5.97 Å². The fraction of sp³-hybridized carbons (Fsp3) is 0.188. The molecule has 1 atom stereocenters. The van der Waals surface area contributed by atoms with Gasteiger partial charge in [-0.3, -0.25) is 9.52 Å². The van der Waals surface area contributed by atoms with Crippen LogP contribution in [0.3, 0.4) is 0 Å². The van der Waals surface area contributed by atoms with Crippen molar-refractivity contribution < 1.29 is 18.3 Å². The first kappa shape index (κ1) is 17.0. The molecule has 0 saturated carbocycles. The van der Waals surface area contributed by atoms with Crippen LogP contribution in [0.25, 0.3) is 11.1 Å². The third-order valence-electron chi connectivity index (χ3n) is 3.25. The van der Waals surface area contributed by atoms with Gasteiger partial charge in [-0.1, -0.05) is 36.4 Å². The van der Waals surface area contributed by atoms with E-state index in [1.807, 2.05) is 36.4 Å². The number of nitrogens with two attached hydrogens (primary N) is 1. The summed E-state index contributed by atoms with van der Waals surface area (Å²) < 4.78 is 24.7. The molecule has 0 aliphatic rings. The van der Waals surface area contributed by atoms with Crippen LogP contribution in [0.4, 0.5) is 5.69 Å². The van der Waals surface area contributed by atoms with Gasteiger partial charge in [-0.25, -0.2) is 8.42 Å². The number of carboxylic acid groups (broad SMARTS) is 1. The van der Waals surface area contributed by atoms with Crippen molar-refractivity contribution in [3.8, 4) is 11.1 Å². The van der Waals surface area contributed by atoms with E-state index in [0.29, 0.717) is 5.69 Å². The fourth-order valence-electron chi connectivity index (χ4n) is 2.12. The van der Waals surface area contributed by atoms with Gasteiger partial charge in [0.25, 0.3) is 0 Å². The number of rotatable bonds is 6. The van der Waals surface area contributed by atoms with Gasteiger partial charge in [0, 0.05) is 5.69 Å². The van der Waals surface area contributed by atoms with Gasteiger partial charge in [-0.15, -0.1) is 0 Å². The third-order valence-corrected chi connectivity index (χ3v) is 3.85. The number of sulfonamides is 1. The molecule has 6 nitrogen and oxygen atoms in total. The zero-order valence-corrected chi connectivity index (χ0v) is 13.4. The van der Waals surface area contributed by atoms with E-state index >= 15 is 0 Å². The SMILES string of the molecule is CS(=O)(=O)Nc1ccc(-c2ccc(C[C@H](N)C(=O)O)cc2)cc1. The normalized spacial score (nSPS) is 12.6. The average Bonchev–Trinajstić information content (AvgIpc) is 2.47. The molecule has 0 aliphatic carbocycles. The molecular formula is C16H18N2O4S. The van der Waals surface area contributed by atoms with E-state index in [9.17, 15) is 13.2 Å². The topological polar surface area (TPSA) is 109 Å². The highest BCUT2D eigenvalue weighted by Crippen LogP contribution is 2.22. The molecule has 4 N–H and O–H groups in total. The second-order valence-corrected chi connectivity index (χ2v) is 7.05. The summed E-state index contributed by atoms with van der Waals surface area (Å²) in [7, 11) is -3.29. The van der Waals surface area contributed by atoms with Crippen molar-refractivity contribution in [1.82, 2.24) is 0 Å². The smallest absolute Gasteiger partial charge is 0.320 e. The number of nitrogens with one attached hydrogen (secondary N) is 1. The predicted molar refractivity (Wildman–Crippen MR) is 89.7 cm³/mol. The van der Waals surface area contributed by atoms with Crippen LogP contribution >= 0.6 is 0 Å². The lowest BCUT2D eigenvalue weighted by Crippen LogP contribution is -2.32. The average molecular weight is 334 g/mol. The van der Waals surface area contributed by atoms with Crippen LogP contribution < -0.4 is 10.5 Å². The first-order chi connectivity index (χ1) is 10.7. The van der Waals surface area contributed by atoms with Crippen LogP contribution in [0, 0.1) is 0 Å². The summed E-state index contributed by atoms with van der Waals surface area (Å²) in [6.45, 7) is 0. The summed E-state index contributed by atoms with van der Waals surface area (Å²) in [6, 6.07) is 13.5. The lowest BCUT2D eigenvalue weighted by Gasteiger charge is -2.08. The van der Waals surface area contributed by atoms with Crippen molar-refractivity contribution in [2.45, 2.75) is 12.5 Å². The van der Waals surface area contributed by atoms with Crippen LogP contribution in [0.5, 0.6) is 0 Å². The molecule has 0 unspecified atom stereocenters. The van der Waals surface area contributed by atoms with E-state index in [2.05, 4.69) is 4.72 Å². The van der Waals surface area contributed by atoms with Crippen LogP contribution in [0.15, 0.2) is 48.5 Å². The maximum Gasteiger partial charge on any atom is 0.320 e. The summed E-state index contributed by atoms with van der Waals surface area (Å²) in [5.74, 6) is -1.02. The number of benzene rings is 2. The highest BCUT2D eigenvalue weighted by molar-refractivity contribution is 7.92. The summed E-state index contributed by atoms with van der Waals surface area (Å²) >= 11 is 0. The molecule has 7 heteroatoms. The molecule has 0 amide bonds. The Morgan fingerprint density at radius 1 is 1.09 bits per heavy atom. The van der Waals surface area contributed by atoms with E-state index in [1.165, 1.54) is 0 Å². The summed E-state index contributed by atoms with van der Waals surface area (Å²) in [6.07, 6.45) is 1.37. The number of anilines is 1. The zero-order valence-electron chi connectivity index (χ0n) is 12.6. The van der Waals surface area contributed by atoms with Crippen molar-refractivity contribution in [1.29, 1.82) is 0 Å². The standard InChI is InChI=1S/C16H18N2O4S/c1-23(21,22)18-14-8-6-13(7-9-14)12-4-2-11(3-5-12)10-15(17)16(19)20/h2-9,15,18H,10,17H2,1H3,(H,19,20)/t15-/m0/s1. The number of carboxylic acids is 1. The van der Waals surface area contributed by atoms with E-state index in [0.717, 1.165) is 22.9 Å². The monoisotopic (exact) mass is 334 g/mol. The van der Waals surface area contributed by atoms with E-state index < -0.39 is 22.0 Å². The van der Waals surface area contributed by atoms with Crippen molar-refractivity contribution in [2.24, 2.45) is 5.73 Å². The molecule has 0 bridgehead atoms. The minimum absolute atomic E-state index is 0.271. The number of hydrogen-bond acceptors (Lipinski definition) is 4. The van der Waals surface area contributed by atoms with Gasteiger partial charge < -0.3 is 10.8 Å². The Bertz CT molecular complexity index is 784. The highest BCUT2D eigenvalue weighted by atomic mass is 32.2. The molecule has 0 heterocycles. The molecule has 0 radical (unpaired) electrons. The number of aliphatic carboxylic acids is 1. The molecule has 0 saturated heterocycles. The molecule has 2 aromatic carbocycles. The van der Waals surface area contributed by atoms with Gasteiger partial charge in [0.2, 0.25) is 10.0 Å².